The summed E-state index contributed by atoms with van der Waals surface area (Å²) in [5, 5.41) is 0. The van der Waals surface area contributed by atoms with Crippen molar-refractivity contribution >= 4 is 0 Å². The second kappa shape index (κ2) is 4.37. The summed E-state index contributed by atoms with van der Waals surface area (Å²) in [5.74, 6) is 0. The van der Waals surface area contributed by atoms with Crippen LogP contribution in [-0.4, -0.2) is 30.1 Å². The lowest BCUT2D eigenvalue weighted by molar-refractivity contribution is 0.379. The summed E-state index contributed by atoms with van der Waals surface area (Å²) in [6.07, 6.45) is 5.77. The maximum atomic E-state index is 6.09. The summed E-state index contributed by atoms with van der Waals surface area (Å²) in [5.41, 5.74) is 8.94. The molecule has 2 N–H and O–H groups in total. The average Bonchev–Trinajstić information content (AvgIpc) is 2.59. The molecule has 0 bridgehead atoms. The third-order valence-electron chi connectivity index (χ3n) is 3.23. The van der Waals surface area contributed by atoms with Crippen molar-refractivity contribution in [2.24, 2.45) is 5.73 Å². The minimum Gasteiger partial charge on any atom is -0.350 e. The van der Waals surface area contributed by atoms with E-state index in [2.05, 4.69) is 35.8 Å². The quantitative estimate of drug-likeness (QED) is 0.812. The lowest BCUT2D eigenvalue weighted by Gasteiger charge is -2.21. The molecule has 0 fully saturated rings. The van der Waals surface area contributed by atoms with Crippen LogP contribution in [0.2, 0.25) is 0 Å². The van der Waals surface area contributed by atoms with Gasteiger partial charge in [0.05, 0.1) is 0 Å². The number of aromatic nitrogens is 1. The van der Waals surface area contributed by atoms with Gasteiger partial charge in [-0.15, -0.1) is 0 Å². The van der Waals surface area contributed by atoms with E-state index in [-0.39, 0.29) is 6.04 Å². The Bertz CT molecular complexity index is 328. The first-order valence-corrected chi connectivity index (χ1v) is 5.76. The zero-order chi connectivity index (χ0) is 10.8. The molecule has 1 aromatic rings. The minimum atomic E-state index is 0.273. The molecule has 1 atom stereocenters. The summed E-state index contributed by atoms with van der Waals surface area (Å²) >= 11 is 0. The molecule has 0 saturated carbocycles. The maximum absolute atomic E-state index is 6.09. The molecule has 1 unspecified atom stereocenters. The fourth-order valence-corrected chi connectivity index (χ4v) is 2.31. The highest BCUT2D eigenvalue weighted by Gasteiger charge is 2.19. The number of rotatable bonds is 3. The largest absolute Gasteiger partial charge is 0.350 e. The number of fused-ring (bicyclic) bond motifs is 1. The van der Waals surface area contributed by atoms with E-state index in [9.17, 15) is 0 Å². The molecule has 1 aliphatic rings. The summed E-state index contributed by atoms with van der Waals surface area (Å²) < 4.78 is 2.37. The fourth-order valence-electron chi connectivity index (χ4n) is 2.31. The van der Waals surface area contributed by atoms with E-state index in [1.54, 1.807) is 0 Å². The van der Waals surface area contributed by atoms with Crippen molar-refractivity contribution in [3.05, 3.63) is 23.5 Å². The highest BCUT2D eigenvalue weighted by atomic mass is 15.1. The lowest BCUT2D eigenvalue weighted by Crippen LogP contribution is -2.22. The van der Waals surface area contributed by atoms with E-state index >= 15 is 0 Å². The molecule has 15 heavy (non-hydrogen) atoms. The highest BCUT2D eigenvalue weighted by Crippen LogP contribution is 2.28. The number of hydrogen-bond donors (Lipinski definition) is 1. The third-order valence-corrected chi connectivity index (χ3v) is 3.23. The Morgan fingerprint density at radius 3 is 3.07 bits per heavy atom. The molecule has 0 radical (unpaired) electrons. The van der Waals surface area contributed by atoms with E-state index in [0.29, 0.717) is 0 Å². The van der Waals surface area contributed by atoms with Gasteiger partial charge in [-0.05, 0) is 45.0 Å². The molecule has 0 amide bonds. The first-order valence-electron chi connectivity index (χ1n) is 5.76. The Kier molecular flexibility index (Phi) is 3.12. The van der Waals surface area contributed by atoms with Gasteiger partial charge in [-0.25, -0.2) is 0 Å². The van der Waals surface area contributed by atoms with Gasteiger partial charge in [-0.3, -0.25) is 0 Å². The Morgan fingerprint density at radius 1 is 1.53 bits per heavy atom. The SMILES string of the molecule is CN(C)CCn1ccc2c1CCCC2N. The Labute approximate surface area is 91.9 Å². The summed E-state index contributed by atoms with van der Waals surface area (Å²) in [6, 6.07) is 2.48. The topological polar surface area (TPSA) is 34.2 Å². The van der Waals surface area contributed by atoms with Crippen molar-refractivity contribution in [1.82, 2.24) is 9.47 Å². The molecule has 0 saturated heterocycles. The lowest BCUT2D eigenvalue weighted by atomic mass is 9.94. The van der Waals surface area contributed by atoms with Crippen LogP contribution in [0.5, 0.6) is 0 Å². The molecule has 0 aliphatic heterocycles. The molecular formula is C12H21N3. The smallest absolute Gasteiger partial charge is 0.0349 e. The van der Waals surface area contributed by atoms with E-state index in [0.717, 1.165) is 19.5 Å². The second-order valence-electron chi connectivity index (χ2n) is 4.71. The van der Waals surface area contributed by atoms with Crippen molar-refractivity contribution in [1.29, 1.82) is 0 Å². The molecule has 1 aromatic heterocycles. The Balaban J connectivity index is 2.12. The van der Waals surface area contributed by atoms with Gasteiger partial charge in [0.1, 0.15) is 0 Å². The number of hydrogen-bond acceptors (Lipinski definition) is 2. The van der Waals surface area contributed by atoms with Crippen LogP contribution in [0.3, 0.4) is 0 Å². The van der Waals surface area contributed by atoms with E-state index in [1.165, 1.54) is 24.1 Å². The Morgan fingerprint density at radius 2 is 2.33 bits per heavy atom. The van der Waals surface area contributed by atoms with Crippen molar-refractivity contribution in [2.45, 2.75) is 31.8 Å². The third kappa shape index (κ3) is 2.24. The van der Waals surface area contributed by atoms with Crippen LogP contribution in [0, 0.1) is 0 Å². The van der Waals surface area contributed by atoms with Crippen molar-refractivity contribution < 1.29 is 0 Å². The zero-order valence-corrected chi connectivity index (χ0v) is 9.74. The molecule has 84 valence electrons. The molecular weight excluding hydrogens is 186 g/mol. The predicted octanol–water partition coefficient (Wildman–Crippen LogP) is 1.39. The first kappa shape index (κ1) is 10.7. The van der Waals surface area contributed by atoms with Gasteiger partial charge in [-0.1, -0.05) is 0 Å². The predicted molar refractivity (Wildman–Crippen MR) is 62.9 cm³/mol. The van der Waals surface area contributed by atoms with Gasteiger partial charge in [0.15, 0.2) is 0 Å². The van der Waals surface area contributed by atoms with Crippen LogP contribution in [0.25, 0.3) is 0 Å². The number of nitrogens with two attached hydrogens (primary N) is 1. The molecule has 3 heteroatoms. The van der Waals surface area contributed by atoms with Gasteiger partial charge >= 0.3 is 0 Å². The molecule has 0 spiro atoms. The van der Waals surface area contributed by atoms with E-state index in [1.807, 2.05) is 0 Å². The minimum absolute atomic E-state index is 0.273. The van der Waals surface area contributed by atoms with Crippen LogP contribution in [0.4, 0.5) is 0 Å². The van der Waals surface area contributed by atoms with Gasteiger partial charge < -0.3 is 15.2 Å². The van der Waals surface area contributed by atoms with Gasteiger partial charge in [0.25, 0.3) is 0 Å². The van der Waals surface area contributed by atoms with Crippen LogP contribution < -0.4 is 5.73 Å². The second-order valence-corrected chi connectivity index (χ2v) is 4.71. The first-order chi connectivity index (χ1) is 7.18. The highest BCUT2D eigenvalue weighted by molar-refractivity contribution is 5.28. The van der Waals surface area contributed by atoms with Crippen LogP contribution in [0.15, 0.2) is 12.3 Å². The van der Waals surface area contributed by atoms with Crippen molar-refractivity contribution in [3.63, 3.8) is 0 Å². The zero-order valence-electron chi connectivity index (χ0n) is 9.74. The molecule has 3 nitrogen and oxygen atoms in total. The number of likely N-dealkylation sites (N-methyl/N-ethyl adjacent to an activating group) is 1. The summed E-state index contributed by atoms with van der Waals surface area (Å²) in [6.45, 7) is 2.17. The molecule has 1 aliphatic carbocycles. The summed E-state index contributed by atoms with van der Waals surface area (Å²) in [4.78, 5) is 2.22. The number of nitrogens with zero attached hydrogens (tertiary/aromatic N) is 2. The van der Waals surface area contributed by atoms with Crippen LogP contribution >= 0.6 is 0 Å². The van der Waals surface area contributed by atoms with Gasteiger partial charge in [0, 0.05) is 31.0 Å². The van der Waals surface area contributed by atoms with E-state index < -0.39 is 0 Å². The molecule has 1 heterocycles. The normalized spacial score (nSPS) is 20.7. The average molecular weight is 207 g/mol. The van der Waals surface area contributed by atoms with Crippen LogP contribution in [0.1, 0.15) is 30.1 Å². The molecule has 2 rings (SSSR count). The van der Waals surface area contributed by atoms with E-state index in [4.69, 9.17) is 5.73 Å². The Hall–Kier alpha value is -0.800. The van der Waals surface area contributed by atoms with Crippen molar-refractivity contribution in [2.75, 3.05) is 20.6 Å². The van der Waals surface area contributed by atoms with Crippen LogP contribution in [-0.2, 0) is 13.0 Å². The van der Waals surface area contributed by atoms with Gasteiger partial charge in [0.2, 0.25) is 0 Å². The maximum Gasteiger partial charge on any atom is 0.0349 e. The standard InChI is InChI=1S/C12H21N3/c1-14(2)8-9-15-7-6-10-11(13)4-3-5-12(10)15/h6-7,11H,3-5,8-9,13H2,1-2H3. The monoisotopic (exact) mass is 207 g/mol. The molecule has 0 aromatic carbocycles. The summed E-state index contributed by atoms with van der Waals surface area (Å²) in [7, 11) is 4.23. The van der Waals surface area contributed by atoms with Gasteiger partial charge in [-0.2, -0.15) is 0 Å². The van der Waals surface area contributed by atoms with Crippen molar-refractivity contribution in [3.8, 4) is 0 Å². The fraction of sp³-hybridized carbons (Fsp3) is 0.667.